The summed E-state index contributed by atoms with van der Waals surface area (Å²) in [7, 11) is -9.94. The minimum atomic E-state index is -4.97. The topological polar surface area (TPSA) is 237 Å². The fourth-order valence-electron chi connectivity index (χ4n) is 14.2. The van der Waals surface area contributed by atoms with Crippen LogP contribution in [-0.2, 0) is 65.4 Å². The summed E-state index contributed by atoms with van der Waals surface area (Å²) in [5, 5.41) is 10.7. The Balaban J connectivity index is 5.24. The maximum absolute atomic E-state index is 13.2. The minimum absolute atomic E-state index is 0.107. The number of esters is 4. The van der Waals surface area contributed by atoms with Gasteiger partial charge in [-0.25, -0.2) is 9.13 Å². The first kappa shape index (κ1) is 108. The van der Waals surface area contributed by atoms with E-state index in [4.69, 9.17) is 37.0 Å². The van der Waals surface area contributed by atoms with Crippen LogP contribution in [0.2, 0.25) is 0 Å². The van der Waals surface area contributed by atoms with Crippen LogP contribution >= 0.6 is 15.6 Å². The third-order valence-corrected chi connectivity index (χ3v) is 23.6. The summed E-state index contributed by atoms with van der Waals surface area (Å²) in [5.74, 6) is 0.285. The lowest BCUT2D eigenvalue weighted by atomic mass is 9.99. The maximum atomic E-state index is 13.2. The van der Waals surface area contributed by atoms with Crippen molar-refractivity contribution >= 4 is 39.5 Å². The summed E-state index contributed by atoms with van der Waals surface area (Å²) in [5.41, 5.74) is 0. The third-order valence-electron chi connectivity index (χ3n) is 21.7. The van der Waals surface area contributed by atoms with Gasteiger partial charge in [-0.15, -0.1) is 0 Å². The molecule has 0 heterocycles. The number of phosphoric ester groups is 2. The standard InChI is InChI=1S/C91H178O17P2/c1-8-10-11-12-13-14-15-16-17-18-19-20-21-22-23-28-34-39-44-53-60-67-74-90(95)107-86(78-101-88(93)72-65-58-51-43-38-33-27-25-24-26-31-36-41-48-55-62-69-82(3)4)80-105-109(97,98)103-76-85(92)77-104-110(99,100)106-81-87(79-102-89(94)73-66-59-52-47-46-49-56-63-70-83(5)6)108-91(96)75-68-61-54-45-40-35-30-29-32-37-42-50-57-64-71-84(7)9-2/h82-87,92H,8-81H2,1-7H3,(H,97,98)(H,99,100)/t84?,85-,86-,87-/m1/s1. The van der Waals surface area contributed by atoms with E-state index >= 15 is 0 Å². The Labute approximate surface area is 677 Å². The van der Waals surface area contributed by atoms with Gasteiger partial charge in [-0.1, -0.05) is 434 Å². The Morgan fingerprint density at radius 1 is 0.264 bits per heavy atom. The number of phosphoric acid groups is 2. The fourth-order valence-corrected chi connectivity index (χ4v) is 15.8. The summed E-state index contributed by atoms with van der Waals surface area (Å²) in [6.07, 6.45) is 73.7. The molecule has 0 spiro atoms. The first-order valence-corrected chi connectivity index (χ1v) is 49.9. The van der Waals surface area contributed by atoms with Crippen molar-refractivity contribution in [3.05, 3.63) is 0 Å². The first-order chi connectivity index (χ1) is 53.3. The van der Waals surface area contributed by atoms with Gasteiger partial charge in [0, 0.05) is 25.7 Å². The smallest absolute Gasteiger partial charge is 0.462 e. The van der Waals surface area contributed by atoms with E-state index in [9.17, 15) is 43.2 Å². The summed E-state index contributed by atoms with van der Waals surface area (Å²) >= 11 is 0. The van der Waals surface area contributed by atoms with Crippen molar-refractivity contribution in [2.75, 3.05) is 39.6 Å². The van der Waals surface area contributed by atoms with E-state index in [-0.39, 0.29) is 25.7 Å². The fraction of sp³-hybridized carbons (Fsp3) is 0.956. The molecule has 0 bridgehead atoms. The molecule has 0 aromatic rings. The van der Waals surface area contributed by atoms with Gasteiger partial charge >= 0.3 is 39.5 Å². The molecule has 0 aromatic carbocycles. The van der Waals surface area contributed by atoms with Crippen molar-refractivity contribution < 1.29 is 80.2 Å². The second-order valence-electron chi connectivity index (χ2n) is 33.9. The molecule has 0 saturated carbocycles. The predicted molar refractivity (Wildman–Crippen MR) is 455 cm³/mol. The zero-order chi connectivity index (χ0) is 80.8. The Morgan fingerprint density at radius 3 is 0.691 bits per heavy atom. The van der Waals surface area contributed by atoms with Crippen LogP contribution in [-0.4, -0.2) is 96.7 Å². The molecular weight excluding hydrogens is 1430 g/mol. The number of carbonyl (C=O) groups is 4. The molecule has 0 aliphatic heterocycles. The number of carbonyl (C=O) groups excluding carboxylic acids is 4. The highest BCUT2D eigenvalue weighted by Gasteiger charge is 2.31. The van der Waals surface area contributed by atoms with Gasteiger partial charge in [0.2, 0.25) is 0 Å². The highest BCUT2D eigenvalue weighted by Crippen LogP contribution is 2.45. The van der Waals surface area contributed by atoms with Crippen molar-refractivity contribution in [3.8, 4) is 0 Å². The Morgan fingerprint density at radius 2 is 0.464 bits per heavy atom. The third kappa shape index (κ3) is 82.6. The van der Waals surface area contributed by atoms with E-state index < -0.39 is 97.5 Å². The van der Waals surface area contributed by atoms with Crippen LogP contribution in [0.4, 0.5) is 0 Å². The number of unbranched alkanes of at least 4 members (excludes halogenated alkanes) is 56. The SMILES string of the molecule is CCCCCCCCCCCCCCCCCCCCCCCCC(=O)O[C@H](COC(=O)CCCCCCCCCCCCCCCCCCC(C)C)COP(=O)(O)OC[C@@H](O)COP(=O)(O)OC[C@@H](COC(=O)CCCCCCCCCCC(C)C)OC(=O)CCCCCCCCCCCCCCCCC(C)CC. The van der Waals surface area contributed by atoms with Crippen LogP contribution in [0.25, 0.3) is 0 Å². The van der Waals surface area contributed by atoms with Crippen molar-refractivity contribution in [2.45, 2.75) is 503 Å². The largest absolute Gasteiger partial charge is 0.472 e. The summed E-state index contributed by atoms with van der Waals surface area (Å²) in [6.45, 7) is 12.1. The summed E-state index contributed by atoms with van der Waals surface area (Å²) in [4.78, 5) is 73.4. The van der Waals surface area contributed by atoms with Gasteiger partial charge in [0.25, 0.3) is 0 Å². The molecule has 0 rings (SSSR count). The highest BCUT2D eigenvalue weighted by atomic mass is 31.2. The monoisotopic (exact) mass is 1610 g/mol. The molecule has 17 nitrogen and oxygen atoms in total. The van der Waals surface area contributed by atoms with Crippen molar-refractivity contribution in [2.24, 2.45) is 17.8 Å². The van der Waals surface area contributed by atoms with E-state index in [1.165, 1.54) is 295 Å². The van der Waals surface area contributed by atoms with E-state index in [2.05, 4.69) is 48.5 Å². The Bertz CT molecular complexity index is 2120. The maximum Gasteiger partial charge on any atom is 0.472 e. The molecular formula is C91H178O17P2. The normalized spacial score (nSPS) is 14.0. The Kier molecular flexibility index (Phi) is 79.4. The number of aliphatic hydroxyl groups is 1. The number of hydrogen-bond acceptors (Lipinski definition) is 15. The Hall–Kier alpha value is -1.94. The molecule has 110 heavy (non-hydrogen) atoms. The van der Waals surface area contributed by atoms with E-state index in [0.29, 0.717) is 25.7 Å². The van der Waals surface area contributed by atoms with Gasteiger partial charge in [0.05, 0.1) is 26.4 Å². The lowest BCUT2D eigenvalue weighted by Gasteiger charge is -2.21. The molecule has 0 saturated heterocycles. The molecule has 3 N–H and O–H groups in total. The van der Waals surface area contributed by atoms with Crippen molar-refractivity contribution in [1.82, 2.24) is 0 Å². The van der Waals surface area contributed by atoms with Gasteiger partial charge in [0.15, 0.2) is 12.2 Å². The summed E-state index contributed by atoms with van der Waals surface area (Å²) < 4.78 is 69.1. The van der Waals surface area contributed by atoms with Crippen LogP contribution < -0.4 is 0 Å². The second kappa shape index (κ2) is 80.8. The molecule has 0 aliphatic rings. The zero-order valence-corrected chi connectivity index (χ0v) is 74.5. The quantitative estimate of drug-likeness (QED) is 0.0222. The highest BCUT2D eigenvalue weighted by molar-refractivity contribution is 7.47. The van der Waals surface area contributed by atoms with Crippen LogP contribution in [0.3, 0.4) is 0 Å². The average Bonchev–Trinajstić information content (AvgIpc) is 0.899. The van der Waals surface area contributed by atoms with Gasteiger partial charge < -0.3 is 33.8 Å². The molecule has 0 radical (unpaired) electrons. The van der Waals surface area contributed by atoms with E-state index in [0.717, 1.165) is 108 Å². The molecule has 0 aromatic heterocycles. The molecule has 0 aliphatic carbocycles. The van der Waals surface area contributed by atoms with Crippen LogP contribution in [0.5, 0.6) is 0 Å². The lowest BCUT2D eigenvalue weighted by molar-refractivity contribution is -0.161. The average molecular weight is 1610 g/mol. The van der Waals surface area contributed by atoms with E-state index in [1.807, 2.05) is 0 Å². The number of hydrogen-bond donors (Lipinski definition) is 3. The molecule has 0 amide bonds. The van der Waals surface area contributed by atoms with Gasteiger partial charge in [0.1, 0.15) is 19.3 Å². The van der Waals surface area contributed by atoms with Gasteiger partial charge in [-0.3, -0.25) is 37.3 Å². The molecule has 19 heteroatoms. The summed E-state index contributed by atoms with van der Waals surface area (Å²) in [6, 6.07) is 0. The van der Waals surface area contributed by atoms with Crippen LogP contribution in [0, 0.1) is 17.8 Å². The van der Waals surface area contributed by atoms with Gasteiger partial charge in [-0.2, -0.15) is 0 Å². The zero-order valence-electron chi connectivity index (χ0n) is 72.7. The number of rotatable bonds is 89. The second-order valence-corrected chi connectivity index (χ2v) is 36.8. The number of ether oxygens (including phenoxy) is 4. The first-order valence-electron chi connectivity index (χ1n) is 46.9. The van der Waals surface area contributed by atoms with Crippen LogP contribution in [0.15, 0.2) is 0 Å². The van der Waals surface area contributed by atoms with Crippen molar-refractivity contribution in [1.29, 1.82) is 0 Å². The van der Waals surface area contributed by atoms with Gasteiger partial charge in [-0.05, 0) is 43.4 Å². The molecule has 6 atom stereocenters. The minimum Gasteiger partial charge on any atom is -0.462 e. The van der Waals surface area contributed by atoms with Crippen LogP contribution in [0.1, 0.15) is 485 Å². The molecule has 654 valence electrons. The predicted octanol–water partition coefficient (Wildman–Crippen LogP) is 28.0. The lowest BCUT2D eigenvalue weighted by Crippen LogP contribution is -2.30. The number of aliphatic hydroxyl groups excluding tert-OH is 1. The van der Waals surface area contributed by atoms with E-state index in [1.54, 1.807) is 0 Å². The van der Waals surface area contributed by atoms with Crippen molar-refractivity contribution in [3.63, 3.8) is 0 Å². The molecule has 0 fully saturated rings. The molecule has 3 unspecified atom stereocenters.